The Kier molecular flexibility index (Phi) is 7.26. The number of aromatic nitrogens is 1. The molecule has 1 aliphatic carbocycles. The van der Waals surface area contributed by atoms with Gasteiger partial charge in [0.05, 0.1) is 17.3 Å². The Morgan fingerprint density at radius 3 is 2.62 bits per heavy atom. The first kappa shape index (κ1) is 24.6. The van der Waals surface area contributed by atoms with Crippen LogP contribution in [0.25, 0.3) is 22.2 Å². The smallest absolute Gasteiger partial charge is 0.303 e. The van der Waals surface area contributed by atoms with Crippen LogP contribution >= 0.6 is 0 Å². The minimum atomic E-state index is -0.813. The molecule has 0 unspecified atom stereocenters. The molecule has 1 heterocycles. The Balaban J connectivity index is 1.43. The van der Waals surface area contributed by atoms with E-state index in [1.807, 2.05) is 30.3 Å². The highest BCUT2D eigenvalue weighted by atomic mass is 19.1. The van der Waals surface area contributed by atoms with Crippen LogP contribution in [0.5, 0.6) is 0 Å². The number of halogens is 1. The van der Waals surface area contributed by atoms with Crippen LogP contribution < -0.4 is 5.32 Å². The van der Waals surface area contributed by atoms with Gasteiger partial charge in [0, 0.05) is 22.9 Å². The van der Waals surface area contributed by atoms with E-state index < -0.39 is 5.97 Å². The van der Waals surface area contributed by atoms with Gasteiger partial charge in [0.15, 0.2) is 0 Å². The molecule has 3 aromatic carbocycles. The van der Waals surface area contributed by atoms with Crippen molar-refractivity contribution in [1.82, 2.24) is 10.3 Å². The van der Waals surface area contributed by atoms with Gasteiger partial charge in [-0.2, -0.15) is 0 Å². The molecule has 188 valence electrons. The van der Waals surface area contributed by atoms with Gasteiger partial charge in [-0.25, -0.2) is 9.37 Å². The molecular formula is C31H29FN2O3. The predicted octanol–water partition coefficient (Wildman–Crippen LogP) is 6.65. The van der Waals surface area contributed by atoms with Crippen molar-refractivity contribution < 1.29 is 19.1 Å². The fourth-order valence-electron chi connectivity index (χ4n) is 5.15. The molecule has 5 nitrogen and oxygen atoms in total. The number of fused-ring (bicyclic) bond motifs is 2. The number of nitrogens with one attached hydrogen (secondary N) is 1. The van der Waals surface area contributed by atoms with Crippen LogP contribution in [0.1, 0.15) is 65.2 Å². The Morgan fingerprint density at radius 1 is 1.00 bits per heavy atom. The Morgan fingerprint density at radius 2 is 1.81 bits per heavy atom. The topological polar surface area (TPSA) is 79.3 Å². The number of amides is 1. The SMILES string of the molecule is O=C(O)CCCCc1cc2cc(C(=O)N[C@@H]3CCCc4ccccc43)ccc2nc1-c1ccc(F)cc1. The molecule has 1 aromatic heterocycles. The highest BCUT2D eigenvalue weighted by Crippen LogP contribution is 2.31. The van der Waals surface area contributed by atoms with Gasteiger partial charge in [-0.3, -0.25) is 9.59 Å². The fourth-order valence-corrected chi connectivity index (χ4v) is 5.15. The standard InChI is InChI=1S/C31H29FN2O3/c32-25-15-12-21(13-16-25)30-22(7-2-4-11-29(35)36)18-24-19-23(14-17-27(24)33-30)31(37)34-28-10-5-8-20-6-1-3-9-26(20)28/h1,3,6,9,12-19,28H,2,4-5,7-8,10-11H2,(H,34,37)(H,35,36)/t28-/m1/s1. The maximum Gasteiger partial charge on any atom is 0.303 e. The first-order valence-corrected chi connectivity index (χ1v) is 12.8. The number of benzene rings is 3. The van der Waals surface area contributed by atoms with Crippen molar-refractivity contribution in [2.75, 3.05) is 0 Å². The highest BCUT2D eigenvalue weighted by Gasteiger charge is 2.22. The van der Waals surface area contributed by atoms with Crippen molar-refractivity contribution in [3.8, 4) is 11.3 Å². The monoisotopic (exact) mass is 496 g/mol. The normalized spacial score (nSPS) is 14.8. The summed E-state index contributed by atoms with van der Waals surface area (Å²) >= 11 is 0. The molecule has 1 aliphatic rings. The lowest BCUT2D eigenvalue weighted by Crippen LogP contribution is -2.30. The summed E-state index contributed by atoms with van der Waals surface area (Å²) in [5.74, 6) is -1.25. The third kappa shape index (κ3) is 5.69. The molecule has 6 heteroatoms. The summed E-state index contributed by atoms with van der Waals surface area (Å²) in [7, 11) is 0. The van der Waals surface area contributed by atoms with Crippen LogP contribution in [0.15, 0.2) is 72.8 Å². The van der Waals surface area contributed by atoms with Crippen molar-refractivity contribution in [2.24, 2.45) is 0 Å². The van der Waals surface area contributed by atoms with Gasteiger partial charge in [-0.1, -0.05) is 24.3 Å². The third-order valence-electron chi connectivity index (χ3n) is 7.04. The number of unbranched alkanes of at least 4 members (excludes halogenated alkanes) is 1. The second kappa shape index (κ2) is 10.9. The van der Waals surface area contributed by atoms with Crippen molar-refractivity contribution in [2.45, 2.75) is 51.0 Å². The number of nitrogens with zero attached hydrogens (tertiary/aromatic N) is 1. The number of rotatable bonds is 8. The van der Waals surface area contributed by atoms with E-state index in [1.54, 1.807) is 18.2 Å². The van der Waals surface area contributed by atoms with Crippen molar-refractivity contribution in [1.29, 1.82) is 0 Å². The van der Waals surface area contributed by atoms with Gasteiger partial charge < -0.3 is 10.4 Å². The van der Waals surface area contributed by atoms with Crippen molar-refractivity contribution in [3.63, 3.8) is 0 Å². The molecule has 37 heavy (non-hydrogen) atoms. The molecule has 5 rings (SSSR count). The van der Waals surface area contributed by atoms with Crippen LogP contribution in [-0.4, -0.2) is 22.0 Å². The third-order valence-corrected chi connectivity index (χ3v) is 7.04. The number of aliphatic carboxylic acids is 1. The molecule has 0 radical (unpaired) electrons. The fraction of sp³-hybridized carbons (Fsp3) is 0.258. The first-order valence-electron chi connectivity index (χ1n) is 12.8. The second-order valence-corrected chi connectivity index (χ2v) is 9.63. The Labute approximate surface area is 215 Å². The van der Waals surface area contributed by atoms with Crippen molar-refractivity contribution >= 4 is 22.8 Å². The summed E-state index contributed by atoms with van der Waals surface area (Å²) in [6, 6.07) is 22.0. The van der Waals surface area contributed by atoms with E-state index in [1.165, 1.54) is 23.3 Å². The molecule has 1 amide bonds. The minimum absolute atomic E-state index is 0.00285. The number of hydrogen-bond donors (Lipinski definition) is 2. The number of carboxylic acid groups (broad SMARTS) is 1. The summed E-state index contributed by atoms with van der Waals surface area (Å²) in [5.41, 5.74) is 6.30. The minimum Gasteiger partial charge on any atom is -0.481 e. The lowest BCUT2D eigenvalue weighted by Gasteiger charge is -2.26. The summed E-state index contributed by atoms with van der Waals surface area (Å²) in [5, 5.41) is 13.0. The van der Waals surface area contributed by atoms with Crippen LogP contribution in [-0.2, 0) is 17.6 Å². The number of carbonyl (C=O) groups excluding carboxylic acids is 1. The van der Waals surface area contributed by atoms with Gasteiger partial charge in [0.25, 0.3) is 5.91 Å². The lowest BCUT2D eigenvalue weighted by atomic mass is 9.87. The van der Waals surface area contributed by atoms with E-state index in [9.17, 15) is 14.0 Å². The second-order valence-electron chi connectivity index (χ2n) is 9.63. The van der Waals surface area contributed by atoms with Gasteiger partial charge >= 0.3 is 5.97 Å². The zero-order valence-electron chi connectivity index (χ0n) is 20.5. The molecule has 2 N–H and O–H groups in total. The Hall–Kier alpha value is -4.06. The van der Waals surface area contributed by atoms with E-state index >= 15 is 0 Å². The van der Waals surface area contributed by atoms with Crippen LogP contribution in [0.2, 0.25) is 0 Å². The number of carboxylic acids is 1. The molecule has 0 fully saturated rings. The molecule has 0 saturated carbocycles. The largest absolute Gasteiger partial charge is 0.481 e. The molecule has 0 aliphatic heterocycles. The molecule has 0 bridgehead atoms. The maximum atomic E-state index is 13.5. The van der Waals surface area contributed by atoms with Crippen LogP contribution in [0, 0.1) is 5.82 Å². The average molecular weight is 497 g/mol. The lowest BCUT2D eigenvalue weighted by molar-refractivity contribution is -0.137. The molecule has 0 saturated heterocycles. The number of aryl methyl sites for hydroxylation is 2. The summed E-state index contributed by atoms with van der Waals surface area (Å²) < 4.78 is 13.5. The zero-order chi connectivity index (χ0) is 25.8. The Bertz CT molecular complexity index is 1450. The number of carbonyl (C=O) groups is 2. The van der Waals surface area contributed by atoms with E-state index in [0.717, 1.165) is 47.0 Å². The quantitative estimate of drug-likeness (QED) is 0.268. The van der Waals surface area contributed by atoms with Crippen molar-refractivity contribution in [3.05, 3.63) is 101 Å². The van der Waals surface area contributed by atoms with Gasteiger partial charge in [-0.15, -0.1) is 0 Å². The maximum absolute atomic E-state index is 13.5. The summed E-state index contributed by atoms with van der Waals surface area (Å²) in [6.45, 7) is 0. The molecule has 0 spiro atoms. The van der Waals surface area contributed by atoms with E-state index in [4.69, 9.17) is 10.1 Å². The molecule has 1 atom stereocenters. The number of pyridine rings is 1. The molecule has 4 aromatic rings. The predicted molar refractivity (Wildman–Crippen MR) is 142 cm³/mol. The van der Waals surface area contributed by atoms with Gasteiger partial charge in [-0.05, 0) is 104 Å². The summed E-state index contributed by atoms with van der Waals surface area (Å²) in [4.78, 5) is 29.0. The highest BCUT2D eigenvalue weighted by molar-refractivity contribution is 5.98. The van der Waals surface area contributed by atoms with E-state index in [0.29, 0.717) is 24.8 Å². The van der Waals surface area contributed by atoms with Gasteiger partial charge in [0.1, 0.15) is 5.82 Å². The van der Waals surface area contributed by atoms with Crippen LogP contribution in [0.3, 0.4) is 0 Å². The summed E-state index contributed by atoms with van der Waals surface area (Å²) in [6.07, 6.45) is 4.99. The zero-order valence-corrected chi connectivity index (χ0v) is 20.5. The number of hydrogen-bond acceptors (Lipinski definition) is 3. The van der Waals surface area contributed by atoms with E-state index in [-0.39, 0.29) is 24.2 Å². The average Bonchev–Trinajstić information content (AvgIpc) is 2.91. The van der Waals surface area contributed by atoms with Crippen LogP contribution in [0.4, 0.5) is 4.39 Å². The first-order chi connectivity index (χ1) is 18.0. The molecular weight excluding hydrogens is 467 g/mol. The van der Waals surface area contributed by atoms with E-state index in [2.05, 4.69) is 17.4 Å². The van der Waals surface area contributed by atoms with Gasteiger partial charge in [0.2, 0.25) is 0 Å².